The summed E-state index contributed by atoms with van der Waals surface area (Å²) < 4.78 is 24.9. The zero-order valence-corrected chi connectivity index (χ0v) is 19.9. The van der Waals surface area contributed by atoms with Crippen LogP contribution in [-0.2, 0) is 23.8 Å². The molecule has 0 aliphatic rings. The number of hydrogen-bond acceptors (Lipinski definition) is 9. The Bertz CT molecular complexity index is 646. The number of carbonyl (C=O) groups excluding carboxylic acids is 2. The number of carbonyl (C=O) groups is 2. The topological polar surface area (TPSA) is 130 Å². The summed E-state index contributed by atoms with van der Waals surface area (Å²) in [6.45, 7) is 2.96. The van der Waals surface area contributed by atoms with Gasteiger partial charge in [0.05, 0.1) is 40.3 Å². The second kappa shape index (κ2) is 19.3. The highest BCUT2D eigenvalue weighted by molar-refractivity contribution is 5.79. The van der Waals surface area contributed by atoms with Crippen molar-refractivity contribution in [2.45, 2.75) is 25.3 Å². The lowest BCUT2D eigenvalue weighted by atomic mass is 10.0. The molecule has 0 fully saturated rings. The summed E-state index contributed by atoms with van der Waals surface area (Å²) in [5.74, 6) is 0.454. The number of nitrogens with two attached hydrogens (primary N) is 1. The first kappa shape index (κ1) is 29.6. The molecule has 186 valence electrons. The molecule has 10 heteroatoms. The molecule has 0 radical (unpaired) electrons. The molecule has 0 heterocycles. The van der Waals surface area contributed by atoms with Crippen molar-refractivity contribution in [2.75, 3.05) is 68.4 Å². The highest BCUT2D eigenvalue weighted by atomic mass is 16.5. The van der Waals surface area contributed by atoms with Gasteiger partial charge in [0.15, 0.2) is 11.5 Å². The maximum Gasteiger partial charge on any atom is 0.307 e. The second-order valence-electron chi connectivity index (χ2n) is 6.67. The van der Waals surface area contributed by atoms with E-state index in [4.69, 9.17) is 29.4 Å². The Morgan fingerprint density at radius 3 is 2.19 bits per heavy atom. The molecule has 0 spiro atoms. The van der Waals surface area contributed by atoms with E-state index < -0.39 is 12.0 Å². The lowest BCUT2D eigenvalue weighted by molar-refractivity contribution is -0.141. The van der Waals surface area contributed by atoms with Crippen LogP contribution in [0.3, 0.4) is 0 Å². The average molecular weight is 461 g/mol. The van der Waals surface area contributed by atoms with Gasteiger partial charge in [0.2, 0.25) is 5.91 Å². The van der Waals surface area contributed by atoms with Crippen molar-refractivity contribution in [2.24, 2.45) is 5.73 Å². The van der Waals surface area contributed by atoms with Crippen LogP contribution in [0.1, 0.15) is 32.3 Å². The SMILES string of the molecule is COCCCN.COCCCNCC(=O)N[C@@H](CC(=O)OC)c1ccc(OC)c(OC)c1.[2HH]. The summed E-state index contributed by atoms with van der Waals surface area (Å²) >= 11 is 0. The first-order chi connectivity index (χ1) is 15.5. The molecule has 0 saturated heterocycles. The molecule has 0 aliphatic heterocycles. The van der Waals surface area contributed by atoms with E-state index in [0.29, 0.717) is 24.7 Å². The van der Waals surface area contributed by atoms with Crippen molar-refractivity contribution in [3.63, 3.8) is 0 Å². The van der Waals surface area contributed by atoms with E-state index >= 15 is 0 Å². The molecule has 1 atom stereocenters. The Balaban J connectivity index is 0. The number of esters is 1. The lowest BCUT2D eigenvalue weighted by Gasteiger charge is -2.20. The third-order valence-corrected chi connectivity index (χ3v) is 4.28. The number of benzene rings is 1. The van der Waals surface area contributed by atoms with E-state index in [1.165, 1.54) is 14.2 Å². The van der Waals surface area contributed by atoms with Gasteiger partial charge in [0.1, 0.15) is 0 Å². The third kappa shape index (κ3) is 13.1. The van der Waals surface area contributed by atoms with Crippen molar-refractivity contribution in [1.29, 1.82) is 0 Å². The van der Waals surface area contributed by atoms with Gasteiger partial charge in [-0.05, 0) is 43.6 Å². The third-order valence-electron chi connectivity index (χ3n) is 4.28. The molecule has 1 amide bonds. The van der Waals surface area contributed by atoms with Gasteiger partial charge in [-0.2, -0.15) is 0 Å². The molecule has 0 bridgehead atoms. The summed E-state index contributed by atoms with van der Waals surface area (Å²) in [5, 5.41) is 5.88. The molecule has 10 nitrogen and oxygen atoms in total. The first-order valence-corrected chi connectivity index (χ1v) is 10.4. The maximum atomic E-state index is 12.2. The number of nitrogens with one attached hydrogen (secondary N) is 2. The number of hydrogen-bond donors (Lipinski definition) is 3. The van der Waals surface area contributed by atoms with Crippen LogP contribution in [0.15, 0.2) is 18.2 Å². The number of rotatable bonds is 15. The van der Waals surface area contributed by atoms with Crippen LogP contribution in [-0.4, -0.2) is 80.3 Å². The van der Waals surface area contributed by atoms with Crippen molar-refractivity contribution in [3.8, 4) is 11.5 Å². The van der Waals surface area contributed by atoms with Gasteiger partial charge < -0.3 is 40.1 Å². The molecule has 1 aromatic carbocycles. The van der Waals surface area contributed by atoms with E-state index in [-0.39, 0.29) is 20.3 Å². The summed E-state index contributed by atoms with van der Waals surface area (Å²) in [7, 11) is 7.69. The largest absolute Gasteiger partial charge is 0.493 e. The van der Waals surface area contributed by atoms with Crippen LogP contribution < -0.4 is 25.8 Å². The Labute approximate surface area is 192 Å². The van der Waals surface area contributed by atoms with Crippen molar-refractivity contribution < 1.29 is 34.7 Å². The predicted molar refractivity (Wildman–Crippen MR) is 124 cm³/mol. The minimum atomic E-state index is -0.532. The molecule has 0 aliphatic carbocycles. The van der Waals surface area contributed by atoms with Crippen LogP contribution in [0.5, 0.6) is 11.5 Å². The van der Waals surface area contributed by atoms with Crippen LogP contribution in [0.4, 0.5) is 0 Å². The minimum Gasteiger partial charge on any atom is -0.493 e. The Morgan fingerprint density at radius 2 is 1.66 bits per heavy atom. The molecule has 4 N–H and O–H groups in total. The summed E-state index contributed by atoms with van der Waals surface area (Å²) in [6.07, 6.45) is 1.79. The summed E-state index contributed by atoms with van der Waals surface area (Å²) in [6, 6.07) is 4.71. The van der Waals surface area contributed by atoms with Gasteiger partial charge in [-0.1, -0.05) is 6.07 Å². The van der Waals surface area contributed by atoms with E-state index in [2.05, 4.69) is 10.6 Å². The summed E-state index contributed by atoms with van der Waals surface area (Å²) in [5.41, 5.74) is 5.86. The van der Waals surface area contributed by atoms with Crippen LogP contribution in [0.2, 0.25) is 0 Å². The van der Waals surface area contributed by atoms with E-state index in [9.17, 15) is 9.59 Å². The number of methoxy groups -OCH3 is 5. The van der Waals surface area contributed by atoms with Crippen LogP contribution >= 0.6 is 0 Å². The van der Waals surface area contributed by atoms with Gasteiger partial charge in [-0.25, -0.2) is 0 Å². The Morgan fingerprint density at radius 1 is 1.00 bits per heavy atom. The van der Waals surface area contributed by atoms with Gasteiger partial charge in [0, 0.05) is 28.9 Å². The lowest BCUT2D eigenvalue weighted by Crippen LogP contribution is -2.37. The molecule has 0 aromatic heterocycles. The van der Waals surface area contributed by atoms with Crippen LogP contribution in [0, 0.1) is 0 Å². The minimum absolute atomic E-state index is 0. The monoisotopic (exact) mass is 460 g/mol. The van der Waals surface area contributed by atoms with Gasteiger partial charge in [0.25, 0.3) is 0 Å². The average Bonchev–Trinajstić information content (AvgIpc) is 2.81. The Hall–Kier alpha value is -2.40. The highest BCUT2D eigenvalue weighted by Crippen LogP contribution is 2.31. The quantitative estimate of drug-likeness (QED) is 0.262. The van der Waals surface area contributed by atoms with E-state index in [1.807, 2.05) is 0 Å². The fourth-order valence-corrected chi connectivity index (χ4v) is 2.59. The van der Waals surface area contributed by atoms with Gasteiger partial charge in [-0.15, -0.1) is 0 Å². The van der Waals surface area contributed by atoms with Crippen LogP contribution in [0.25, 0.3) is 0 Å². The number of ether oxygens (including phenoxy) is 5. The Kier molecular flexibility index (Phi) is 17.9. The number of amides is 1. The normalized spacial score (nSPS) is 11.1. The first-order valence-electron chi connectivity index (χ1n) is 10.4. The fourth-order valence-electron chi connectivity index (χ4n) is 2.59. The fraction of sp³-hybridized carbons (Fsp3) is 0.636. The molecular weight excluding hydrogens is 418 g/mol. The van der Waals surface area contributed by atoms with E-state index in [0.717, 1.165) is 31.6 Å². The van der Waals surface area contributed by atoms with Crippen molar-refractivity contribution >= 4 is 11.9 Å². The van der Waals surface area contributed by atoms with Crippen molar-refractivity contribution in [3.05, 3.63) is 23.8 Å². The molecule has 32 heavy (non-hydrogen) atoms. The zero-order chi connectivity index (χ0) is 24.2. The van der Waals surface area contributed by atoms with Crippen molar-refractivity contribution in [1.82, 2.24) is 10.6 Å². The smallest absolute Gasteiger partial charge is 0.307 e. The second-order valence-corrected chi connectivity index (χ2v) is 6.67. The van der Waals surface area contributed by atoms with E-state index in [1.54, 1.807) is 39.5 Å². The zero-order valence-electron chi connectivity index (χ0n) is 19.9. The standard InChI is InChI=1S/C18H28N2O6.C4H11NO.H2/c1-23-9-5-8-19-12-17(21)20-14(11-18(22)26-4)13-6-7-15(24-2)16(10-13)25-3;1-6-4-2-3-5;/h6-7,10,14,19H,5,8-9,11-12H2,1-4H3,(H,20,21);2-5H2,1H3;1H/t14-;;/m0../s1/i;;1+1. The molecule has 0 saturated carbocycles. The molecule has 0 unspecified atom stereocenters. The highest BCUT2D eigenvalue weighted by Gasteiger charge is 2.20. The molecule has 1 aromatic rings. The van der Waals surface area contributed by atoms with Gasteiger partial charge in [-0.3, -0.25) is 9.59 Å². The maximum absolute atomic E-state index is 12.2. The summed E-state index contributed by atoms with van der Waals surface area (Å²) in [4.78, 5) is 23.9. The molecular formula is C22H41N3O7. The predicted octanol–water partition coefficient (Wildman–Crippen LogP) is 1.28. The van der Waals surface area contributed by atoms with Gasteiger partial charge >= 0.3 is 5.97 Å². The molecule has 1 rings (SSSR count).